The van der Waals surface area contributed by atoms with Crippen molar-refractivity contribution in [3.05, 3.63) is 41.4 Å². The molecule has 3 heterocycles. The van der Waals surface area contributed by atoms with Crippen LogP contribution in [0.5, 0.6) is 5.75 Å². The Morgan fingerprint density at radius 2 is 1.94 bits per heavy atom. The molecular formula is C30H46ClN7O10P2. The number of nitrogens with one attached hydrogen (secondary N) is 1. The van der Waals surface area contributed by atoms with Gasteiger partial charge in [0.1, 0.15) is 29.6 Å². The molecule has 0 radical (unpaired) electrons. The van der Waals surface area contributed by atoms with Gasteiger partial charge in [-0.15, -0.1) is 0 Å². The average Bonchev–Trinajstić information content (AvgIpc) is 3.62. The molecule has 1 aliphatic rings. The number of hydrogen-bond acceptors (Lipinski definition) is 14. The fourth-order valence-electron chi connectivity index (χ4n) is 5.00. The first-order chi connectivity index (χ1) is 23.4. The highest BCUT2D eigenvalue weighted by Gasteiger charge is 2.43. The van der Waals surface area contributed by atoms with Crippen LogP contribution in [0.3, 0.4) is 0 Å². The van der Waals surface area contributed by atoms with Crippen molar-refractivity contribution in [2.24, 2.45) is 5.41 Å². The molecule has 2 unspecified atom stereocenters. The molecule has 20 heteroatoms. The van der Waals surface area contributed by atoms with E-state index in [1.54, 1.807) is 18.2 Å². The van der Waals surface area contributed by atoms with Gasteiger partial charge in [0, 0.05) is 13.0 Å². The van der Waals surface area contributed by atoms with Gasteiger partial charge in [0.2, 0.25) is 5.28 Å². The highest BCUT2D eigenvalue weighted by Crippen LogP contribution is 2.61. The number of esters is 1. The zero-order valence-corrected chi connectivity index (χ0v) is 31.4. The van der Waals surface area contributed by atoms with Gasteiger partial charge in [-0.05, 0) is 55.1 Å². The van der Waals surface area contributed by atoms with Crippen LogP contribution in [0, 0.1) is 5.41 Å². The Morgan fingerprint density at radius 1 is 1.24 bits per heavy atom. The van der Waals surface area contributed by atoms with Crippen molar-refractivity contribution in [3.63, 3.8) is 0 Å². The summed E-state index contributed by atoms with van der Waals surface area (Å²) in [6.07, 6.45) is -1.20. The van der Waals surface area contributed by atoms with Crippen LogP contribution < -0.4 is 15.3 Å². The van der Waals surface area contributed by atoms with Crippen molar-refractivity contribution >= 4 is 50.1 Å². The lowest BCUT2D eigenvalue weighted by molar-refractivity contribution is -0.148. The molecule has 1 fully saturated rings. The maximum absolute atomic E-state index is 14.3. The number of hydrogen-bond donors (Lipinski definition) is 4. The monoisotopic (exact) mass is 761 g/mol. The molecule has 17 nitrogen and oxygen atoms in total. The third-order valence-corrected chi connectivity index (χ3v) is 11.2. The van der Waals surface area contributed by atoms with Crippen LogP contribution in [0.15, 0.2) is 30.6 Å². The van der Waals surface area contributed by atoms with E-state index in [1.165, 1.54) is 23.9 Å². The molecule has 1 saturated heterocycles. The van der Waals surface area contributed by atoms with E-state index >= 15 is 0 Å². The molecule has 0 bridgehead atoms. The molecule has 6 atom stereocenters. The predicted octanol–water partition coefficient (Wildman–Crippen LogP) is 4.48. The third kappa shape index (κ3) is 10.9. The second-order valence-corrected chi connectivity index (χ2v) is 16.6. The summed E-state index contributed by atoms with van der Waals surface area (Å²) in [5.41, 5.74) is 6.71. The number of likely N-dealkylation sites (N-methyl/N-ethyl adjacent to an activating group) is 1. The van der Waals surface area contributed by atoms with Gasteiger partial charge in [-0.3, -0.25) is 13.9 Å². The second kappa shape index (κ2) is 16.8. The van der Waals surface area contributed by atoms with E-state index in [0.29, 0.717) is 18.5 Å². The summed E-state index contributed by atoms with van der Waals surface area (Å²) in [5.74, 6) is -0.621. The number of phosphoric ester groups is 1. The normalized spacial score (nSPS) is 21.2. The lowest BCUT2D eigenvalue weighted by atomic mass is 9.99. The number of halogens is 1. The van der Waals surface area contributed by atoms with Crippen LogP contribution in [0.2, 0.25) is 5.28 Å². The summed E-state index contributed by atoms with van der Waals surface area (Å²) in [6.45, 7) is 12.7. The van der Waals surface area contributed by atoms with Crippen LogP contribution >= 0.6 is 27.2 Å². The molecule has 0 amide bonds. The van der Waals surface area contributed by atoms with Crippen LogP contribution in [0.1, 0.15) is 59.8 Å². The summed E-state index contributed by atoms with van der Waals surface area (Å²) in [7, 11) is -10.1. The average molecular weight is 762 g/mol. The Hall–Kier alpha value is -2.69. The number of aliphatic hydroxyl groups excluding tert-OH is 1. The molecule has 0 spiro atoms. The molecule has 0 aliphatic carbocycles. The minimum absolute atomic E-state index is 0.0270. The van der Waals surface area contributed by atoms with E-state index in [1.807, 2.05) is 34.6 Å². The van der Waals surface area contributed by atoms with Crippen molar-refractivity contribution in [2.45, 2.75) is 78.9 Å². The summed E-state index contributed by atoms with van der Waals surface area (Å²) < 4.78 is 56.5. The number of aromatic nitrogens is 4. The molecule has 1 aromatic carbocycles. The SMILES string of the molecule is CCN(CC)CCc1ccccc1OP(=O)(N[C@@H](C)C(=O)OCC(C)(C)C)OP(=O)(O)OC[C@H]1O[C@@H](n2cnc3c(N)nc(Cl)nc32)C[C@H]1O. The zero-order valence-electron chi connectivity index (χ0n) is 28.9. The van der Waals surface area contributed by atoms with Gasteiger partial charge >= 0.3 is 21.5 Å². The van der Waals surface area contributed by atoms with Crippen molar-refractivity contribution in [3.8, 4) is 5.75 Å². The fraction of sp³-hybridized carbons (Fsp3) is 0.600. The largest absolute Gasteiger partial charge is 0.481 e. The number of para-hydroxylation sites is 1. The molecular weight excluding hydrogens is 716 g/mol. The van der Waals surface area contributed by atoms with Crippen LogP contribution in [0.25, 0.3) is 11.2 Å². The number of imidazole rings is 1. The number of nitrogens with two attached hydrogens (primary N) is 1. The summed E-state index contributed by atoms with van der Waals surface area (Å²) in [6, 6.07) is 5.44. The van der Waals surface area contributed by atoms with E-state index in [9.17, 15) is 23.9 Å². The highest BCUT2D eigenvalue weighted by atomic mass is 35.5. The van der Waals surface area contributed by atoms with Gasteiger partial charge < -0.3 is 34.6 Å². The first-order valence-corrected chi connectivity index (χ1v) is 19.6. The minimum Gasteiger partial charge on any atom is -0.464 e. The number of nitrogen functional groups attached to an aromatic ring is 1. The van der Waals surface area contributed by atoms with Gasteiger partial charge in [0.05, 0.1) is 25.6 Å². The van der Waals surface area contributed by atoms with E-state index in [4.69, 9.17) is 40.2 Å². The first kappa shape index (κ1) is 40.1. The molecule has 0 saturated carbocycles. The van der Waals surface area contributed by atoms with Crippen molar-refractivity contribution in [1.82, 2.24) is 29.5 Å². The van der Waals surface area contributed by atoms with Crippen LogP contribution in [-0.2, 0) is 38.7 Å². The molecule has 5 N–H and O–H groups in total. The molecule has 3 aromatic rings. The van der Waals surface area contributed by atoms with E-state index in [2.05, 4.69) is 24.9 Å². The standard InChI is InChI=1S/C30H46ClN7O10P2/c1-7-37(8-2)14-13-20-11-9-10-12-22(20)47-49(41,36-19(3)28(40)44-17-30(4,5)6)48-50(42,43)45-16-23-21(39)15-24(46-23)38-18-33-25-26(32)34-29(31)35-27(25)38/h9-12,18-19,21,23-24,39H,7-8,13-17H2,1-6H3,(H,36,41)(H,42,43)(H2,32,34,35)/t19-,21+,23+,24+,49?/m0/s1. The maximum atomic E-state index is 14.3. The lowest BCUT2D eigenvalue weighted by Crippen LogP contribution is -2.36. The number of aliphatic hydroxyl groups is 1. The molecule has 2 aromatic heterocycles. The van der Waals surface area contributed by atoms with Crippen LogP contribution in [0.4, 0.5) is 5.82 Å². The summed E-state index contributed by atoms with van der Waals surface area (Å²) >= 11 is 5.96. The second-order valence-electron chi connectivity index (χ2n) is 13.0. The zero-order chi connectivity index (χ0) is 36.9. The van der Waals surface area contributed by atoms with Crippen molar-refractivity contribution in [1.29, 1.82) is 0 Å². The topological polar surface area (TPSA) is 223 Å². The molecule has 278 valence electrons. The highest BCUT2D eigenvalue weighted by molar-refractivity contribution is 7.63. The van der Waals surface area contributed by atoms with Gasteiger partial charge in [0.15, 0.2) is 11.5 Å². The van der Waals surface area contributed by atoms with Crippen LogP contribution in [-0.4, -0.2) is 91.5 Å². The Morgan fingerprint density at radius 3 is 2.62 bits per heavy atom. The van der Waals surface area contributed by atoms with Crippen molar-refractivity contribution < 1.29 is 46.8 Å². The first-order valence-electron chi connectivity index (χ1n) is 16.1. The maximum Gasteiger partial charge on any atom is 0.481 e. The Bertz CT molecular complexity index is 1720. The minimum atomic E-state index is -5.22. The number of nitrogens with zero attached hydrogens (tertiary/aromatic N) is 5. The molecule has 1 aliphatic heterocycles. The van der Waals surface area contributed by atoms with E-state index in [0.717, 1.165) is 13.1 Å². The Labute approximate surface area is 296 Å². The molecule has 4 rings (SSSR count). The van der Waals surface area contributed by atoms with Gasteiger partial charge in [-0.25, -0.2) is 14.1 Å². The van der Waals surface area contributed by atoms with E-state index < -0.39 is 52.6 Å². The number of carbonyl (C=O) groups excluding carboxylic acids is 1. The number of phosphoric acid groups is 1. The van der Waals surface area contributed by atoms with Gasteiger partial charge in [-0.2, -0.15) is 19.4 Å². The van der Waals surface area contributed by atoms with Crippen molar-refractivity contribution in [2.75, 3.05) is 38.6 Å². The van der Waals surface area contributed by atoms with Gasteiger partial charge in [0.25, 0.3) is 0 Å². The fourth-order valence-corrected chi connectivity index (χ4v) is 8.17. The Balaban J connectivity index is 1.50. The number of benzene rings is 1. The third-order valence-electron chi connectivity index (χ3n) is 7.68. The quantitative estimate of drug-likeness (QED) is 0.0845. The summed E-state index contributed by atoms with van der Waals surface area (Å²) in [5, 5.41) is 13.0. The molecule has 50 heavy (non-hydrogen) atoms. The number of carbonyl (C=O) groups is 1. The lowest BCUT2D eigenvalue weighted by Gasteiger charge is -2.26. The predicted molar refractivity (Wildman–Crippen MR) is 185 cm³/mol. The van der Waals surface area contributed by atoms with E-state index in [-0.39, 0.29) is 46.5 Å². The summed E-state index contributed by atoms with van der Waals surface area (Å²) in [4.78, 5) is 38.0. The number of ether oxygens (including phenoxy) is 2. The smallest absolute Gasteiger partial charge is 0.464 e. The Kier molecular flexibility index (Phi) is 13.4. The van der Waals surface area contributed by atoms with Gasteiger partial charge in [-0.1, -0.05) is 52.8 Å². The number of fused-ring (bicyclic) bond motifs is 1. The number of anilines is 1. The number of rotatable bonds is 17.